The Balaban J connectivity index is 2.04. The quantitative estimate of drug-likeness (QED) is 0.818. The summed E-state index contributed by atoms with van der Waals surface area (Å²) in [5.74, 6) is -1.30. The predicted octanol–water partition coefficient (Wildman–Crippen LogP) is 2.63. The van der Waals surface area contributed by atoms with Crippen molar-refractivity contribution in [3.8, 4) is 0 Å². The number of ketones is 2. The fourth-order valence-electron chi connectivity index (χ4n) is 3.11. The highest BCUT2D eigenvalue weighted by atomic mass is 35.5. The zero-order valence-corrected chi connectivity index (χ0v) is 12.6. The van der Waals surface area contributed by atoms with E-state index in [9.17, 15) is 14.7 Å². The van der Waals surface area contributed by atoms with Crippen molar-refractivity contribution < 1.29 is 19.4 Å². The van der Waals surface area contributed by atoms with Gasteiger partial charge >= 0.3 is 0 Å². The standard InChI is InChI=1S/C18H11ClO4/c19-14-16(21)15(20)11-7-4-8-12-13(11)17(14)23-9-18(12,22)10-5-2-1-3-6-10/h1-8,22H,9H2. The molecule has 0 fully saturated rings. The smallest absolute Gasteiger partial charge is 0.248 e. The molecule has 1 aliphatic carbocycles. The molecule has 0 amide bonds. The van der Waals surface area contributed by atoms with Crippen molar-refractivity contribution in [2.45, 2.75) is 5.60 Å². The number of Topliss-reactive ketones (excluding diaryl/α,β-unsaturated/α-hetero) is 2. The minimum atomic E-state index is -1.41. The van der Waals surface area contributed by atoms with E-state index in [1.807, 2.05) is 18.2 Å². The number of aliphatic hydroxyl groups is 1. The molecule has 2 aliphatic rings. The lowest BCUT2D eigenvalue weighted by molar-refractivity contribution is -0.111. The van der Waals surface area contributed by atoms with Gasteiger partial charge < -0.3 is 9.84 Å². The van der Waals surface area contributed by atoms with Crippen LogP contribution in [-0.4, -0.2) is 23.3 Å². The van der Waals surface area contributed by atoms with Crippen molar-refractivity contribution in [1.82, 2.24) is 0 Å². The molecule has 4 rings (SSSR count). The SMILES string of the molecule is O=C1C(=O)c2cccc3c2C(=C1Cl)OCC3(O)c1ccccc1. The molecule has 1 unspecified atom stereocenters. The Hall–Kier alpha value is -2.43. The zero-order chi connectivity index (χ0) is 16.2. The lowest BCUT2D eigenvalue weighted by Crippen LogP contribution is -2.40. The minimum Gasteiger partial charge on any atom is -0.487 e. The van der Waals surface area contributed by atoms with Gasteiger partial charge in [-0.1, -0.05) is 60.1 Å². The molecule has 114 valence electrons. The number of benzene rings is 2. The van der Waals surface area contributed by atoms with E-state index in [0.717, 1.165) is 0 Å². The average molecular weight is 327 g/mol. The molecule has 0 bridgehead atoms. The maximum Gasteiger partial charge on any atom is 0.248 e. The van der Waals surface area contributed by atoms with Crippen LogP contribution in [0, 0.1) is 0 Å². The largest absolute Gasteiger partial charge is 0.487 e. The van der Waals surface area contributed by atoms with Gasteiger partial charge in [0.05, 0.1) is 0 Å². The maximum absolute atomic E-state index is 12.2. The molecule has 0 saturated carbocycles. The second-order valence-corrected chi connectivity index (χ2v) is 5.92. The lowest BCUT2D eigenvalue weighted by atomic mass is 9.78. The first kappa shape index (κ1) is 14.2. The molecule has 5 heteroatoms. The van der Waals surface area contributed by atoms with Crippen LogP contribution in [0.5, 0.6) is 0 Å². The van der Waals surface area contributed by atoms with E-state index < -0.39 is 17.2 Å². The van der Waals surface area contributed by atoms with Gasteiger partial charge in [-0.05, 0) is 5.56 Å². The molecule has 0 radical (unpaired) electrons. The minimum absolute atomic E-state index is 0.0828. The van der Waals surface area contributed by atoms with Crippen LogP contribution in [0.1, 0.15) is 27.0 Å². The molecule has 0 spiro atoms. The Morgan fingerprint density at radius 3 is 2.48 bits per heavy atom. The van der Waals surface area contributed by atoms with Gasteiger partial charge in [0.1, 0.15) is 17.2 Å². The highest BCUT2D eigenvalue weighted by Crippen LogP contribution is 2.45. The Kier molecular flexibility index (Phi) is 2.95. The number of carbonyl (C=O) groups excluding carboxylic acids is 2. The van der Waals surface area contributed by atoms with Gasteiger partial charge in [-0.25, -0.2) is 0 Å². The summed E-state index contributed by atoms with van der Waals surface area (Å²) in [6.07, 6.45) is 0. The third kappa shape index (κ3) is 1.82. The number of hydrogen-bond donors (Lipinski definition) is 1. The molecule has 1 aliphatic heterocycles. The number of rotatable bonds is 1. The van der Waals surface area contributed by atoms with Gasteiger partial charge in [0.2, 0.25) is 11.6 Å². The summed E-state index contributed by atoms with van der Waals surface area (Å²) in [5.41, 5.74) is 0.364. The van der Waals surface area contributed by atoms with Crippen LogP contribution in [0.25, 0.3) is 5.76 Å². The van der Waals surface area contributed by atoms with Crippen molar-refractivity contribution in [2.24, 2.45) is 0 Å². The summed E-state index contributed by atoms with van der Waals surface area (Å²) in [4.78, 5) is 24.1. The highest BCUT2D eigenvalue weighted by molar-refractivity contribution is 6.64. The first-order chi connectivity index (χ1) is 11.0. The highest BCUT2D eigenvalue weighted by Gasteiger charge is 2.45. The summed E-state index contributed by atoms with van der Waals surface area (Å²) in [5, 5.41) is 11.0. The van der Waals surface area contributed by atoms with Crippen LogP contribution in [-0.2, 0) is 15.1 Å². The molecule has 1 atom stereocenters. The van der Waals surface area contributed by atoms with Gasteiger partial charge in [0, 0.05) is 16.7 Å². The Morgan fingerprint density at radius 2 is 1.74 bits per heavy atom. The molecule has 0 aromatic heterocycles. The normalized spacial score (nSPS) is 22.7. The summed E-state index contributed by atoms with van der Waals surface area (Å²) in [7, 11) is 0. The van der Waals surface area contributed by atoms with Crippen LogP contribution in [0.3, 0.4) is 0 Å². The molecule has 2 aromatic rings. The second-order valence-electron chi connectivity index (χ2n) is 5.54. The first-order valence-corrected chi connectivity index (χ1v) is 7.45. The fourth-order valence-corrected chi connectivity index (χ4v) is 3.34. The molecular formula is C18H11ClO4. The van der Waals surface area contributed by atoms with Crippen LogP contribution in [0.2, 0.25) is 0 Å². The third-order valence-electron chi connectivity index (χ3n) is 4.26. The van der Waals surface area contributed by atoms with Gasteiger partial charge in [0.15, 0.2) is 5.76 Å². The van der Waals surface area contributed by atoms with E-state index in [2.05, 4.69) is 0 Å². The van der Waals surface area contributed by atoms with Crippen molar-refractivity contribution in [1.29, 1.82) is 0 Å². The lowest BCUT2D eigenvalue weighted by Gasteiger charge is -2.38. The predicted molar refractivity (Wildman–Crippen MR) is 83.9 cm³/mol. The molecule has 23 heavy (non-hydrogen) atoms. The van der Waals surface area contributed by atoms with E-state index >= 15 is 0 Å². The molecule has 2 aromatic carbocycles. The monoisotopic (exact) mass is 326 g/mol. The van der Waals surface area contributed by atoms with E-state index in [0.29, 0.717) is 16.7 Å². The summed E-state index contributed by atoms with van der Waals surface area (Å²) in [6.45, 7) is -0.0828. The van der Waals surface area contributed by atoms with Crippen molar-refractivity contribution in [3.05, 3.63) is 75.8 Å². The average Bonchev–Trinajstić information content (AvgIpc) is 2.60. The van der Waals surface area contributed by atoms with Crippen LogP contribution in [0.4, 0.5) is 0 Å². The molecule has 0 saturated heterocycles. The zero-order valence-electron chi connectivity index (χ0n) is 11.9. The molecule has 1 heterocycles. The van der Waals surface area contributed by atoms with E-state index in [1.165, 1.54) is 0 Å². The van der Waals surface area contributed by atoms with Crippen LogP contribution >= 0.6 is 11.6 Å². The van der Waals surface area contributed by atoms with Crippen LogP contribution in [0.15, 0.2) is 53.6 Å². The second kappa shape index (κ2) is 4.78. The summed E-state index contributed by atoms with van der Waals surface area (Å²) >= 11 is 6.00. The number of carbonyl (C=O) groups is 2. The Morgan fingerprint density at radius 1 is 1.00 bits per heavy atom. The number of halogens is 1. The number of allylic oxidation sites excluding steroid dienone is 1. The van der Waals surface area contributed by atoms with Crippen LogP contribution < -0.4 is 0 Å². The molecule has 1 N–H and O–H groups in total. The summed E-state index contributed by atoms with van der Waals surface area (Å²) in [6, 6.07) is 14.0. The summed E-state index contributed by atoms with van der Waals surface area (Å²) < 4.78 is 5.61. The first-order valence-electron chi connectivity index (χ1n) is 7.07. The fraction of sp³-hybridized carbons (Fsp3) is 0.111. The van der Waals surface area contributed by atoms with Crippen molar-refractivity contribution >= 4 is 28.9 Å². The van der Waals surface area contributed by atoms with Gasteiger partial charge in [-0.15, -0.1) is 0 Å². The Labute approximate surface area is 137 Å². The third-order valence-corrected chi connectivity index (χ3v) is 4.61. The van der Waals surface area contributed by atoms with E-state index in [1.54, 1.807) is 30.3 Å². The van der Waals surface area contributed by atoms with Crippen molar-refractivity contribution in [3.63, 3.8) is 0 Å². The topological polar surface area (TPSA) is 63.6 Å². The van der Waals surface area contributed by atoms with Gasteiger partial charge in [0.25, 0.3) is 0 Å². The van der Waals surface area contributed by atoms with Crippen molar-refractivity contribution in [2.75, 3.05) is 6.61 Å². The van der Waals surface area contributed by atoms with Gasteiger partial charge in [-0.2, -0.15) is 0 Å². The molecule has 4 nitrogen and oxygen atoms in total. The Bertz CT molecular complexity index is 885. The van der Waals surface area contributed by atoms with Gasteiger partial charge in [-0.3, -0.25) is 9.59 Å². The number of ether oxygens (including phenoxy) is 1. The maximum atomic E-state index is 12.2. The van der Waals surface area contributed by atoms with E-state index in [4.69, 9.17) is 16.3 Å². The molecular weight excluding hydrogens is 316 g/mol. The number of hydrogen-bond acceptors (Lipinski definition) is 4. The van der Waals surface area contributed by atoms with E-state index in [-0.39, 0.29) is 23.0 Å².